The van der Waals surface area contributed by atoms with Gasteiger partial charge in [0, 0.05) is 5.69 Å². The first-order valence-electron chi connectivity index (χ1n) is 7.00. The largest absolute Gasteiger partial charge is 0.468 e. The third-order valence-electron chi connectivity index (χ3n) is 3.73. The highest BCUT2D eigenvalue weighted by Crippen LogP contribution is 2.29. The fourth-order valence-electron chi connectivity index (χ4n) is 2.31. The van der Waals surface area contributed by atoms with Gasteiger partial charge in [0.25, 0.3) is 17.9 Å². The number of nitrogens with one attached hydrogen (secondary N) is 2. The summed E-state index contributed by atoms with van der Waals surface area (Å²) in [6.45, 7) is 3.88. The second kappa shape index (κ2) is 5.52. The maximum Gasteiger partial charge on any atom is 0.275 e. The summed E-state index contributed by atoms with van der Waals surface area (Å²) < 4.78 is 5.52. The minimum Gasteiger partial charge on any atom is -0.468 e. The normalized spacial score (nSPS) is 16.3. The van der Waals surface area contributed by atoms with Crippen molar-refractivity contribution < 1.29 is 14.3 Å². The predicted molar refractivity (Wildman–Crippen MR) is 84.0 cm³/mol. The summed E-state index contributed by atoms with van der Waals surface area (Å²) in [7, 11) is 0. The van der Waals surface area contributed by atoms with Gasteiger partial charge in [-0.2, -0.15) is 0 Å². The van der Waals surface area contributed by atoms with E-state index in [1.807, 2.05) is 26.0 Å². The van der Waals surface area contributed by atoms with Crippen molar-refractivity contribution in [3.05, 3.63) is 53.6 Å². The second-order valence-electron chi connectivity index (χ2n) is 5.22. The van der Waals surface area contributed by atoms with Crippen LogP contribution in [0.25, 0.3) is 0 Å². The SMILES string of the molecule is Cc1cccc(NC(=O)[C@@H]2Oc3ccccc3NC2=O)c1C. The minimum absolute atomic E-state index is 0.471. The van der Waals surface area contributed by atoms with Crippen LogP contribution in [0.2, 0.25) is 0 Å². The maximum atomic E-state index is 12.4. The monoisotopic (exact) mass is 296 g/mol. The molecule has 0 fully saturated rings. The zero-order valence-electron chi connectivity index (χ0n) is 12.3. The molecule has 2 N–H and O–H groups in total. The van der Waals surface area contributed by atoms with Gasteiger partial charge in [-0.3, -0.25) is 9.59 Å². The van der Waals surface area contributed by atoms with Crippen LogP contribution in [-0.2, 0) is 9.59 Å². The van der Waals surface area contributed by atoms with E-state index >= 15 is 0 Å². The third-order valence-corrected chi connectivity index (χ3v) is 3.73. The van der Waals surface area contributed by atoms with Gasteiger partial charge in [-0.05, 0) is 43.2 Å². The molecule has 3 rings (SSSR count). The molecule has 2 aromatic rings. The molecule has 1 aliphatic rings. The van der Waals surface area contributed by atoms with E-state index in [9.17, 15) is 9.59 Å². The first-order chi connectivity index (χ1) is 10.6. The van der Waals surface area contributed by atoms with Crippen molar-refractivity contribution in [3.63, 3.8) is 0 Å². The lowest BCUT2D eigenvalue weighted by Crippen LogP contribution is -2.45. The summed E-state index contributed by atoms with van der Waals surface area (Å²) in [4.78, 5) is 24.4. The average molecular weight is 296 g/mol. The van der Waals surface area contributed by atoms with E-state index in [2.05, 4.69) is 10.6 Å². The van der Waals surface area contributed by atoms with Gasteiger partial charge < -0.3 is 15.4 Å². The van der Waals surface area contributed by atoms with E-state index in [4.69, 9.17) is 4.74 Å². The fraction of sp³-hybridized carbons (Fsp3) is 0.176. The lowest BCUT2D eigenvalue weighted by atomic mass is 10.1. The average Bonchev–Trinajstić information content (AvgIpc) is 2.51. The van der Waals surface area contributed by atoms with Crippen LogP contribution in [0, 0.1) is 13.8 Å². The van der Waals surface area contributed by atoms with E-state index in [1.165, 1.54) is 0 Å². The Labute approximate surface area is 128 Å². The van der Waals surface area contributed by atoms with Crippen LogP contribution in [0.5, 0.6) is 5.75 Å². The number of rotatable bonds is 2. The molecule has 2 aromatic carbocycles. The zero-order valence-corrected chi connectivity index (χ0v) is 12.3. The molecule has 0 saturated carbocycles. The molecule has 5 heteroatoms. The second-order valence-corrected chi connectivity index (χ2v) is 5.22. The lowest BCUT2D eigenvalue weighted by Gasteiger charge is -2.25. The molecular weight excluding hydrogens is 280 g/mol. The Bertz CT molecular complexity index is 755. The zero-order chi connectivity index (χ0) is 15.7. The molecule has 2 amide bonds. The maximum absolute atomic E-state index is 12.4. The lowest BCUT2D eigenvalue weighted by molar-refractivity contribution is -0.133. The van der Waals surface area contributed by atoms with Crippen LogP contribution in [0.4, 0.5) is 11.4 Å². The first kappa shape index (κ1) is 14.1. The Morgan fingerprint density at radius 2 is 1.91 bits per heavy atom. The summed E-state index contributed by atoms with van der Waals surface area (Å²) in [5.74, 6) is -0.467. The van der Waals surface area contributed by atoms with Crippen molar-refractivity contribution in [1.82, 2.24) is 0 Å². The van der Waals surface area contributed by atoms with Crippen molar-refractivity contribution >= 4 is 23.2 Å². The van der Waals surface area contributed by atoms with E-state index in [0.29, 0.717) is 17.1 Å². The highest BCUT2D eigenvalue weighted by molar-refractivity contribution is 6.15. The van der Waals surface area contributed by atoms with Crippen molar-refractivity contribution in [1.29, 1.82) is 0 Å². The number of anilines is 2. The number of hydrogen-bond donors (Lipinski definition) is 2. The molecule has 0 radical (unpaired) electrons. The first-order valence-corrected chi connectivity index (χ1v) is 7.00. The highest BCUT2D eigenvalue weighted by Gasteiger charge is 2.34. The molecule has 0 bridgehead atoms. The van der Waals surface area contributed by atoms with Crippen LogP contribution in [0.15, 0.2) is 42.5 Å². The quantitative estimate of drug-likeness (QED) is 0.837. The molecule has 5 nitrogen and oxygen atoms in total. The molecule has 0 unspecified atom stereocenters. The highest BCUT2D eigenvalue weighted by atomic mass is 16.5. The number of amides is 2. The molecule has 112 valence electrons. The Kier molecular flexibility index (Phi) is 3.55. The molecule has 1 heterocycles. The van der Waals surface area contributed by atoms with E-state index < -0.39 is 17.9 Å². The number of hydrogen-bond acceptors (Lipinski definition) is 3. The number of carbonyl (C=O) groups excluding carboxylic acids is 2. The minimum atomic E-state index is -1.20. The van der Waals surface area contributed by atoms with E-state index in [1.54, 1.807) is 30.3 Å². The predicted octanol–water partition coefficient (Wildman–Crippen LogP) is 2.64. The summed E-state index contributed by atoms with van der Waals surface area (Å²) in [6, 6.07) is 12.6. The molecule has 0 saturated heterocycles. The number of carbonyl (C=O) groups is 2. The summed E-state index contributed by atoms with van der Waals surface area (Å²) in [5.41, 5.74) is 3.29. The molecule has 0 spiro atoms. The van der Waals surface area contributed by atoms with Crippen LogP contribution in [0.3, 0.4) is 0 Å². The number of fused-ring (bicyclic) bond motifs is 1. The van der Waals surface area contributed by atoms with E-state index in [-0.39, 0.29) is 0 Å². The molecular formula is C17H16N2O3. The van der Waals surface area contributed by atoms with Gasteiger partial charge in [-0.25, -0.2) is 0 Å². The van der Waals surface area contributed by atoms with Crippen LogP contribution in [0.1, 0.15) is 11.1 Å². The topological polar surface area (TPSA) is 67.4 Å². The van der Waals surface area contributed by atoms with Gasteiger partial charge in [-0.15, -0.1) is 0 Å². The summed E-state index contributed by atoms with van der Waals surface area (Å²) >= 11 is 0. The van der Waals surface area contributed by atoms with Crippen LogP contribution in [-0.4, -0.2) is 17.9 Å². The smallest absolute Gasteiger partial charge is 0.275 e. The Morgan fingerprint density at radius 1 is 1.14 bits per heavy atom. The summed E-state index contributed by atoms with van der Waals surface area (Å²) in [6.07, 6.45) is -1.20. The molecule has 22 heavy (non-hydrogen) atoms. The van der Waals surface area contributed by atoms with Gasteiger partial charge in [0.15, 0.2) is 0 Å². The van der Waals surface area contributed by atoms with Gasteiger partial charge in [0.2, 0.25) is 0 Å². The number of ether oxygens (including phenoxy) is 1. The van der Waals surface area contributed by atoms with Crippen molar-refractivity contribution in [2.24, 2.45) is 0 Å². The standard InChI is InChI=1S/C17H16N2O3/c1-10-6-5-8-12(11(10)2)18-16(20)15-17(21)19-13-7-3-4-9-14(13)22-15/h3-9,15H,1-2H3,(H,18,20)(H,19,21)/t15-/m0/s1. The Morgan fingerprint density at radius 3 is 2.73 bits per heavy atom. The van der Waals surface area contributed by atoms with Gasteiger partial charge >= 0.3 is 0 Å². The van der Waals surface area contributed by atoms with Gasteiger partial charge in [0.1, 0.15) is 5.75 Å². The third kappa shape index (κ3) is 2.53. The number of aryl methyl sites for hydroxylation is 1. The van der Waals surface area contributed by atoms with Crippen molar-refractivity contribution in [2.45, 2.75) is 20.0 Å². The fourth-order valence-corrected chi connectivity index (χ4v) is 2.31. The van der Waals surface area contributed by atoms with Crippen LogP contribution >= 0.6 is 0 Å². The Hall–Kier alpha value is -2.82. The molecule has 0 aromatic heterocycles. The van der Waals surface area contributed by atoms with Gasteiger partial charge in [-0.1, -0.05) is 24.3 Å². The molecule has 1 atom stereocenters. The molecule has 0 aliphatic carbocycles. The molecule has 1 aliphatic heterocycles. The van der Waals surface area contributed by atoms with E-state index in [0.717, 1.165) is 11.1 Å². The Balaban J connectivity index is 1.81. The summed E-state index contributed by atoms with van der Waals surface area (Å²) in [5, 5.41) is 5.44. The van der Waals surface area contributed by atoms with Crippen LogP contribution < -0.4 is 15.4 Å². The number of benzene rings is 2. The number of para-hydroxylation sites is 2. The van der Waals surface area contributed by atoms with Crippen molar-refractivity contribution in [3.8, 4) is 5.75 Å². The van der Waals surface area contributed by atoms with Crippen molar-refractivity contribution in [2.75, 3.05) is 10.6 Å². The van der Waals surface area contributed by atoms with Gasteiger partial charge in [0.05, 0.1) is 5.69 Å².